The Balaban J connectivity index is 1.44. The molecule has 0 spiro atoms. The van der Waals surface area contributed by atoms with E-state index in [0.717, 1.165) is 38.5 Å². The van der Waals surface area contributed by atoms with Crippen molar-refractivity contribution in [1.29, 1.82) is 0 Å². The van der Waals surface area contributed by atoms with Crippen LogP contribution in [0.15, 0.2) is 53.4 Å². The van der Waals surface area contributed by atoms with Crippen LogP contribution in [-0.2, 0) is 10.0 Å². The molecule has 2 aromatic rings. The van der Waals surface area contributed by atoms with Crippen molar-refractivity contribution in [3.8, 4) is 5.75 Å². The number of hydrogen-bond donors (Lipinski definition) is 1. The summed E-state index contributed by atoms with van der Waals surface area (Å²) in [6.07, 6.45) is 5.58. The lowest BCUT2D eigenvalue weighted by atomic mass is 9.89. The average Bonchev–Trinajstić information content (AvgIpc) is 3.10. The highest BCUT2D eigenvalue weighted by molar-refractivity contribution is 7.89. The van der Waals surface area contributed by atoms with Gasteiger partial charge in [0.05, 0.1) is 4.90 Å². The lowest BCUT2D eigenvalue weighted by Crippen LogP contribution is -2.38. The fourth-order valence-corrected chi connectivity index (χ4v) is 6.13. The monoisotopic (exact) mass is 442 g/mol. The summed E-state index contributed by atoms with van der Waals surface area (Å²) in [7, 11) is -3.58. The third-order valence-electron chi connectivity index (χ3n) is 6.43. The maximum atomic E-state index is 13.1. The molecule has 4 rings (SSSR count). The van der Waals surface area contributed by atoms with E-state index in [-0.39, 0.29) is 16.6 Å². The molecule has 7 heteroatoms. The maximum Gasteiger partial charge on any atom is 0.253 e. The van der Waals surface area contributed by atoms with Crippen molar-refractivity contribution in [2.24, 2.45) is 0 Å². The van der Waals surface area contributed by atoms with E-state index in [4.69, 9.17) is 0 Å². The number of amides is 1. The number of piperidine rings is 1. The average molecular weight is 443 g/mol. The van der Waals surface area contributed by atoms with Crippen molar-refractivity contribution in [2.45, 2.75) is 49.3 Å². The van der Waals surface area contributed by atoms with Gasteiger partial charge >= 0.3 is 0 Å². The minimum atomic E-state index is -3.58. The van der Waals surface area contributed by atoms with Gasteiger partial charge in [0.2, 0.25) is 10.0 Å². The Morgan fingerprint density at radius 2 is 1.52 bits per heavy atom. The van der Waals surface area contributed by atoms with Crippen LogP contribution in [0.1, 0.15) is 60.4 Å². The normalized spacial score (nSPS) is 19.2. The van der Waals surface area contributed by atoms with E-state index in [0.29, 0.717) is 37.7 Å². The molecule has 0 aliphatic carbocycles. The Hall–Kier alpha value is -2.38. The summed E-state index contributed by atoms with van der Waals surface area (Å²) < 4.78 is 27.8. The number of rotatable bonds is 4. The van der Waals surface area contributed by atoms with E-state index in [1.807, 2.05) is 17.0 Å². The van der Waals surface area contributed by atoms with Crippen LogP contribution < -0.4 is 0 Å². The van der Waals surface area contributed by atoms with Crippen LogP contribution in [0.5, 0.6) is 5.75 Å². The van der Waals surface area contributed by atoms with E-state index in [1.54, 1.807) is 34.6 Å². The fourth-order valence-electron chi connectivity index (χ4n) is 4.57. The van der Waals surface area contributed by atoms with E-state index in [9.17, 15) is 18.3 Å². The van der Waals surface area contributed by atoms with Gasteiger partial charge in [-0.25, -0.2) is 8.42 Å². The van der Waals surface area contributed by atoms with Gasteiger partial charge in [-0.3, -0.25) is 4.79 Å². The Kier molecular flexibility index (Phi) is 6.62. The topological polar surface area (TPSA) is 77.9 Å². The minimum Gasteiger partial charge on any atom is -0.508 e. The zero-order chi connectivity index (χ0) is 21.8. The summed E-state index contributed by atoms with van der Waals surface area (Å²) in [5.74, 6) is 0.503. The number of carbonyl (C=O) groups excluding carboxylic acids is 1. The van der Waals surface area contributed by atoms with Crippen molar-refractivity contribution in [2.75, 3.05) is 26.2 Å². The molecule has 2 aliphatic heterocycles. The molecule has 0 unspecified atom stereocenters. The van der Waals surface area contributed by atoms with E-state index in [2.05, 4.69) is 0 Å². The van der Waals surface area contributed by atoms with Crippen LogP contribution in [0, 0.1) is 0 Å². The highest BCUT2D eigenvalue weighted by atomic mass is 32.2. The molecule has 2 aromatic carbocycles. The molecule has 0 bridgehead atoms. The molecule has 31 heavy (non-hydrogen) atoms. The molecular weight excluding hydrogens is 412 g/mol. The quantitative estimate of drug-likeness (QED) is 0.777. The van der Waals surface area contributed by atoms with Crippen molar-refractivity contribution in [3.63, 3.8) is 0 Å². The molecule has 0 atom stereocenters. The molecule has 0 saturated carbocycles. The van der Waals surface area contributed by atoms with Crippen molar-refractivity contribution < 1.29 is 18.3 Å². The number of benzene rings is 2. The van der Waals surface area contributed by atoms with E-state index >= 15 is 0 Å². The Morgan fingerprint density at radius 3 is 2.16 bits per heavy atom. The number of likely N-dealkylation sites (tertiary alicyclic amines) is 1. The van der Waals surface area contributed by atoms with Crippen molar-refractivity contribution in [1.82, 2.24) is 9.21 Å². The zero-order valence-electron chi connectivity index (χ0n) is 17.7. The second kappa shape index (κ2) is 9.40. The molecule has 0 aromatic heterocycles. The van der Waals surface area contributed by atoms with Gasteiger partial charge in [0.1, 0.15) is 5.75 Å². The smallest absolute Gasteiger partial charge is 0.253 e. The Labute approximate surface area is 184 Å². The van der Waals surface area contributed by atoms with Crippen LogP contribution in [0.2, 0.25) is 0 Å². The molecule has 0 radical (unpaired) electrons. The summed E-state index contributed by atoms with van der Waals surface area (Å²) in [4.78, 5) is 15.1. The summed E-state index contributed by atoms with van der Waals surface area (Å²) in [6.45, 7) is 2.36. The summed E-state index contributed by atoms with van der Waals surface area (Å²) >= 11 is 0. The number of phenolic OH excluding ortho intramolecular Hbond substituents is 1. The fraction of sp³-hybridized carbons (Fsp3) is 0.458. The lowest BCUT2D eigenvalue weighted by molar-refractivity contribution is 0.0712. The first-order valence-corrected chi connectivity index (χ1v) is 12.6. The first-order chi connectivity index (χ1) is 14.9. The molecule has 1 N–H and O–H groups in total. The van der Waals surface area contributed by atoms with Gasteiger partial charge in [-0.2, -0.15) is 4.31 Å². The van der Waals surface area contributed by atoms with Gasteiger partial charge in [0.25, 0.3) is 5.91 Å². The van der Waals surface area contributed by atoms with Crippen LogP contribution in [0.25, 0.3) is 0 Å². The number of aromatic hydroxyl groups is 1. The standard InChI is InChI=1S/C24H30N2O4S/c27-22-10-8-19(9-11-22)20-12-16-25(17-13-20)24(28)21-6-5-7-23(18-21)31(29,30)26-14-3-1-2-4-15-26/h5-11,18,20,27H,1-4,12-17H2. The Morgan fingerprint density at radius 1 is 0.871 bits per heavy atom. The molecule has 6 nitrogen and oxygen atoms in total. The second-order valence-electron chi connectivity index (χ2n) is 8.50. The van der Waals surface area contributed by atoms with Gasteiger partial charge in [-0.15, -0.1) is 0 Å². The molecule has 166 valence electrons. The number of phenols is 1. The van der Waals surface area contributed by atoms with Crippen molar-refractivity contribution in [3.05, 3.63) is 59.7 Å². The van der Waals surface area contributed by atoms with Crippen LogP contribution in [0.4, 0.5) is 0 Å². The number of nitrogens with zero attached hydrogens (tertiary/aromatic N) is 2. The molecule has 2 fully saturated rings. The zero-order valence-corrected chi connectivity index (χ0v) is 18.6. The molecule has 1 amide bonds. The largest absolute Gasteiger partial charge is 0.508 e. The maximum absolute atomic E-state index is 13.1. The highest BCUT2D eigenvalue weighted by Crippen LogP contribution is 2.30. The first kappa shape index (κ1) is 21.8. The SMILES string of the molecule is O=C(c1cccc(S(=O)(=O)N2CCCCCC2)c1)N1CCC(c2ccc(O)cc2)CC1. The van der Waals surface area contributed by atoms with Gasteiger partial charge in [-0.05, 0) is 67.5 Å². The highest BCUT2D eigenvalue weighted by Gasteiger charge is 2.28. The van der Waals surface area contributed by atoms with E-state index in [1.165, 1.54) is 11.6 Å². The van der Waals surface area contributed by atoms with Crippen LogP contribution in [0.3, 0.4) is 0 Å². The lowest BCUT2D eigenvalue weighted by Gasteiger charge is -2.32. The van der Waals surface area contributed by atoms with Crippen LogP contribution in [-0.4, -0.2) is 54.8 Å². The molecule has 2 aliphatic rings. The number of carbonyl (C=O) groups is 1. The third kappa shape index (κ3) is 4.93. The summed E-state index contributed by atoms with van der Waals surface area (Å²) in [5, 5.41) is 9.47. The summed E-state index contributed by atoms with van der Waals surface area (Å²) in [6, 6.07) is 13.8. The summed E-state index contributed by atoms with van der Waals surface area (Å²) in [5.41, 5.74) is 1.61. The second-order valence-corrected chi connectivity index (χ2v) is 10.4. The van der Waals surface area contributed by atoms with Gasteiger partial charge in [0.15, 0.2) is 0 Å². The molecule has 2 saturated heterocycles. The Bertz CT molecular complexity index is 1000. The van der Waals surface area contributed by atoms with Gasteiger partial charge in [0, 0.05) is 31.7 Å². The van der Waals surface area contributed by atoms with E-state index < -0.39 is 10.0 Å². The van der Waals surface area contributed by atoms with Crippen molar-refractivity contribution >= 4 is 15.9 Å². The number of hydrogen-bond acceptors (Lipinski definition) is 4. The van der Waals surface area contributed by atoms with Gasteiger partial charge in [-0.1, -0.05) is 31.0 Å². The first-order valence-electron chi connectivity index (χ1n) is 11.1. The predicted octanol–water partition coefficient (Wildman–Crippen LogP) is 3.98. The van der Waals surface area contributed by atoms with Crippen LogP contribution >= 0.6 is 0 Å². The predicted molar refractivity (Wildman–Crippen MR) is 120 cm³/mol. The number of sulfonamides is 1. The molecule has 2 heterocycles. The minimum absolute atomic E-state index is 0.114. The third-order valence-corrected chi connectivity index (χ3v) is 8.33. The van der Waals surface area contributed by atoms with Gasteiger partial charge < -0.3 is 10.0 Å². The molecular formula is C24H30N2O4S.